The van der Waals surface area contributed by atoms with Gasteiger partial charge in [0.05, 0.1) is 10.6 Å². The van der Waals surface area contributed by atoms with E-state index in [-0.39, 0.29) is 5.69 Å². The Morgan fingerprint density at radius 1 is 1.35 bits per heavy atom. The molecule has 0 saturated heterocycles. The molecule has 1 aromatic heterocycles. The second-order valence-electron chi connectivity index (χ2n) is 3.91. The number of hydrogen-bond donors (Lipinski definition) is 2. The molecule has 0 aliphatic rings. The fourth-order valence-corrected chi connectivity index (χ4v) is 1.47. The third-order valence-corrected chi connectivity index (χ3v) is 2.57. The molecule has 0 fully saturated rings. The van der Waals surface area contributed by atoms with Gasteiger partial charge >= 0.3 is 0 Å². The van der Waals surface area contributed by atoms with Crippen LogP contribution >= 0.6 is 0 Å². The van der Waals surface area contributed by atoms with E-state index in [2.05, 4.69) is 20.7 Å². The smallest absolute Gasteiger partial charge is 0.273 e. The largest absolute Gasteiger partial charge is 0.289 e. The molecule has 0 radical (unpaired) electrons. The highest BCUT2D eigenvalue weighted by Gasteiger charge is 2.07. The first-order valence-electron chi connectivity index (χ1n) is 5.67. The Morgan fingerprint density at radius 2 is 2.05 bits per heavy atom. The zero-order chi connectivity index (χ0) is 14.5. The number of nitro benzene ring substituents is 1. The molecule has 0 spiro atoms. The lowest BCUT2D eigenvalue weighted by atomic mass is 10.1. The van der Waals surface area contributed by atoms with E-state index in [1.54, 1.807) is 19.1 Å². The van der Waals surface area contributed by atoms with E-state index in [0.29, 0.717) is 17.0 Å². The van der Waals surface area contributed by atoms with Crippen molar-refractivity contribution in [2.24, 2.45) is 5.10 Å². The van der Waals surface area contributed by atoms with Gasteiger partial charge in [0.25, 0.3) is 11.6 Å². The summed E-state index contributed by atoms with van der Waals surface area (Å²) in [7, 11) is 0. The second kappa shape index (κ2) is 5.74. The van der Waals surface area contributed by atoms with E-state index in [1.807, 2.05) is 0 Å². The number of non-ortho nitro benzene ring substituents is 1. The molecule has 0 aliphatic heterocycles. The molecule has 0 saturated carbocycles. The minimum absolute atomic E-state index is 0.00282. The summed E-state index contributed by atoms with van der Waals surface area (Å²) in [5.41, 5.74) is 3.88. The number of amides is 1. The van der Waals surface area contributed by atoms with Gasteiger partial charge in [-0.05, 0) is 30.7 Å². The van der Waals surface area contributed by atoms with Gasteiger partial charge in [-0.1, -0.05) is 0 Å². The average Bonchev–Trinajstić information content (AvgIpc) is 2.98. The summed E-state index contributed by atoms with van der Waals surface area (Å²) in [5.74, 6) is -0.413. The molecular weight excluding hydrogens is 262 g/mol. The maximum Gasteiger partial charge on any atom is 0.289 e. The van der Waals surface area contributed by atoms with Crippen LogP contribution in [0.5, 0.6) is 0 Å². The number of carbonyl (C=O) groups is 1. The molecule has 2 rings (SSSR count). The summed E-state index contributed by atoms with van der Waals surface area (Å²) in [6.45, 7) is 1.69. The van der Waals surface area contributed by atoms with Crippen LogP contribution in [0, 0.1) is 10.1 Å². The highest BCUT2D eigenvalue weighted by Crippen LogP contribution is 2.12. The summed E-state index contributed by atoms with van der Waals surface area (Å²) >= 11 is 0. The Bertz CT molecular complexity index is 646. The van der Waals surface area contributed by atoms with Crippen molar-refractivity contribution in [3.63, 3.8) is 0 Å². The van der Waals surface area contributed by atoms with E-state index in [4.69, 9.17) is 0 Å². The number of nitrogens with one attached hydrogen (secondary N) is 2. The molecule has 2 N–H and O–H groups in total. The molecule has 2 aromatic rings. The van der Waals surface area contributed by atoms with Gasteiger partial charge in [-0.3, -0.25) is 20.0 Å². The topological polar surface area (TPSA) is 113 Å². The number of aromatic nitrogens is 2. The number of nitrogens with zero attached hydrogens (tertiary/aromatic N) is 3. The van der Waals surface area contributed by atoms with Crippen LogP contribution in [-0.4, -0.2) is 26.7 Å². The summed E-state index contributed by atoms with van der Waals surface area (Å²) in [6.07, 6.45) is 1.46. The van der Waals surface area contributed by atoms with E-state index >= 15 is 0 Å². The third-order valence-electron chi connectivity index (χ3n) is 2.57. The molecule has 8 heteroatoms. The molecule has 0 aliphatic carbocycles. The van der Waals surface area contributed by atoms with Crippen LogP contribution < -0.4 is 5.43 Å². The fraction of sp³-hybridized carbons (Fsp3) is 0.0833. The number of hydrogen-bond acceptors (Lipinski definition) is 5. The van der Waals surface area contributed by atoms with Crippen molar-refractivity contribution < 1.29 is 9.72 Å². The first-order valence-corrected chi connectivity index (χ1v) is 5.67. The average molecular weight is 273 g/mol. The number of rotatable bonds is 4. The van der Waals surface area contributed by atoms with Crippen molar-refractivity contribution in [3.05, 3.63) is 57.9 Å². The van der Waals surface area contributed by atoms with Crippen molar-refractivity contribution in [2.45, 2.75) is 6.92 Å². The number of aromatic amines is 1. The Hall–Kier alpha value is -3.03. The van der Waals surface area contributed by atoms with Crippen LogP contribution in [0.1, 0.15) is 23.0 Å². The quantitative estimate of drug-likeness (QED) is 0.498. The lowest BCUT2D eigenvalue weighted by Gasteiger charge is -2.01. The van der Waals surface area contributed by atoms with Crippen LogP contribution in [0.3, 0.4) is 0 Å². The number of benzene rings is 1. The Balaban J connectivity index is 2.06. The third kappa shape index (κ3) is 3.05. The Kier molecular flexibility index (Phi) is 3.85. The normalized spacial score (nSPS) is 11.2. The fourth-order valence-electron chi connectivity index (χ4n) is 1.47. The van der Waals surface area contributed by atoms with Crippen molar-refractivity contribution >= 4 is 17.3 Å². The van der Waals surface area contributed by atoms with Gasteiger partial charge in [-0.25, -0.2) is 5.43 Å². The number of carbonyl (C=O) groups excluding carboxylic acids is 1. The minimum Gasteiger partial charge on any atom is -0.273 e. The zero-order valence-corrected chi connectivity index (χ0v) is 10.5. The van der Waals surface area contributed by atoms with E-state index < -0.39 is 10.8 Å². The predicted octanol–water partition coefficient (Wildman–Crippen LogP) is 1.47. The number of hydrazone groups is 1. The van der Waals surface area contributed by atoms with Gasteiger partial charge in [0, 0.05) is 18.3 Å². The van der Waals surface area contributed by atoms with Gasteiger partial charge in [0.2, 0.25) is 0 Å². The van der Waals surface area contributed by atoms with Crippen molar-refractivity contribution in [1.82, 2.24) is 15.6 Å². The van der Waals surface area contributed by atoms with Gasteiger partial charge < -0.3 is 0 Å². The maximum absolute atomic E-state index is 11.6. The first kappa shape index (κ1) is 13.4. The molecule has 0 bridgehead atoms. The summed E-state index contributed by atoms with van der Waals surface area (Å²) < 4.78 is 0. The van der Waals surface area contributed by atoms with E-state index in [1.165, 1.54) is 24.4 Å². The van der Waals surface area contributed by atoms with Crippen molar-refractivity contribution in [2.75, 3.05) is 0 Å². The van der Waals surface area contributed by atoms with E-state index in [9.17, 15) is 14.9 Å². The molecule has 0 unspecified atom stereocenters. The number of nitro groups is 1. The summed E-state index contributed by atoms with van der Waals surface area (Å²) in [4.78, 5) is 21.7. The maximum atomic E-state index is 11.6. The first-order chi connectivity index (χ1) is 9.58. The lowest BCUT2D eigenvalue weighted by molar-refractivity contribution is -0.384. The van der Waals surface area contributed by atoms with Crippen LogP contribution in [-0.2, 0) is 0 Å². The molecule has 0 atom stereocenters. The SMILES string of the molecule is C/C(=N/NC(=O)c1ccn[nH]1)c1ccc([N+](=O)[O-])cc1. The van der Waals surface area contributed by atoms with Crippen LogP contribution in [0.2, 0.25) is 0 Å². The molecule has 102 valence electrons. The lowest BCUT2D eigenvalue weighted by Crippen LogP contribution is -2.19. The van der Waals surface area contributed by atoms with Gasteiger partial charge in [-0.2, -0.15) is 10.2 Å². The monoisotopic (exact) mass is 273 g/mol. The predicted molar refractivity (Wildman–Crippen MR) is 71.4 cm³/mol. The van der Waals surface area contributed by atoms with Gasteiger partial charge in [0.1, 0.15) is 5.69 Å². The zero-order valence-electron chi connectivity index (χ0n) is 10.5. The second-order valence-corrected chi connectivity index (χ2v) is 3.91. The standard InChI is InChI=1S/C12H11N5O3/c1-8(9-2-4-10(5-3-9)17(19)20)14-16-12(18)11-6-7-13-15-11/h2-7H,1H3,(H,13,15)(H,16,18)/b14-8-. The highest BCUT2D eigenvalue weighted by atomic mass is 16.6. The molecule has 8 nitrogen and oxygen atoms in total. The number of H-pyrrole nitrogens is 1. The minimum atomic E-state index is -0.476. The van der Waals surface area contributed by atoms with Crippen molar-refractivity contribution in [1.29, 1.82) is 0 Å². The van der Waals surface area contributed by atoms with Gasteiger partial charge in [0.15, 0.2) is 0 Å². The highest BCUT2D eigenvalue weighted by molar-refractivity contribution is 6.00. The van der Waals surface area contributed by atoms with E-state index in [0.717, 1.165) is 0 Å². The molecule has 1 heterocycles. The van der Waals surface area contributed by atoms with Crippen LogP contribution in [0.4, 0.5) is 5.69 Å². The Labute approximate surface area is 113 Å². The molecule has 1 aromatic carbocycles. The van der Waals surface area contributed by atoms with Crippen LogP contribution in [0.15, 0.2) is 41.6 Å². The van der Waals surface area contributed by atoms with Crippen LogP contribution in [0.25, 0.3) is 0 Å². The van der Waals surface area contributed by atoms with Crippen molar-refractivity contribution in [3.8, 4) is 0 Å². The molecular formula is C12H11N5O3. The Morgan fingerprint density at radius 3 is 2.60 bits per heavy atom. The summed E-state index contributed by atoms with van der Waals surface area (Å²) in [6, 6.07) is 7.42. The molecule has 1 amide bonds. The summed E-state index contributed by atoms with van der Waals surface area (Å²) in [5, 5.41) is 20.6. The molecule has 20 heavy (non-hydrogen) atoms. The van der Waals surface area contributed by atoms with Gasteiger partial charge in [-0.15, -0.1) is 0 Å².